The molecule has 4 N–H and O–H groups in total. The zero-order valence-corrected chi connectivity index (χ0v) is 20.4. The molecule has 1 unspecified atom stereocenters. The molecule has 3 aromatic heterocycles. The van der Waals surface area contributed by atoms with Gasteiger partial charge in [0.25, 0.3) is 11.8 Å². The summed E-state index contributed by atoms with van der Waals surface area (Å²) in [5.74, 6) is 0.388. The molecule has 0 fully saturated rings. The number of hydrogen-bond donors (Lipinski definition) is 4. The zero-order chi connectivity index (χ0) is 25.8. The van der Waals surface area contributed by atoms with Gasteiger partial charge in [0.05, 0.1) is 22.6 Å². The molecule has 6 aromatic rings. The van der Waals surface area contributed by atoms with Gasteiger partial charge in [0.15, 0.2) is 0 Å². The second kappa shape index (κ2) is 8.41. The number of pyridine rings is 1. The number of imidazole rings is 1. The number of H-pyrrole nitrogens is 2. The van der Waals surface area contributed by atoms with E-state index in [0.717, 1.165) is 44.2 Å². The lowest BCUT2D eigenvalue weighted by Gasteiger charge is -2.16. The number of benzene rings is 3. The van der Waals surface area contributed by atoms with Gasteiger partial charge in [-0.1, -0.05) is 42.5 Å². The molecule has 8 heteroatoms. The fraction of sp³-hybridized carbons (Fsp3) is 0.0667. The monoisotopic (exact) mass is 498 g/mol. The van der Waals surface area contributed by atoms with E-state index in [1.807, 2.05) is 36.4 Å². The third kappa shape index (κ3) is 3.31. The highest BCUT2D eigenvalue weighted by Gasteiger charge is 2.32. The highest BCUT2D eigenvalue weighted by molar-refractivity contribution is 6.06. The van der Waals surface area contributed by atoms with E-state index in [9.17, 15) is 9.59 Å². The van der Waals surface area contributed by atoms with Crippen molar-refractivity contribution >= 4 is 33.9 Å². The highest BCUT2D eigenvalue weighted by atomic mass is 16.2. The number of aromatic nitrogens is 4. The van der Waals surface area contributed by atoms with Crippen LogP contribution in [0, 0.1) is 0 Å². The number of carbonyl (C=O) groups is 2. The molecule has 184 valence electrons. The van der Waals surface area contributed by atoms with Gasteiger partial charge < -0.3 is 20.6 Å². The number of nitrogens with zero attached hydrogens (tertiary/aromatic N) is 2. The maximum atomic E-state index is 13.5. The number of carbonyl (C=O) groups excluding carboxylic acids is 2. The van der Waals surface area contributed by atoms with Crippen molar-refractivity contribution < 1.29 is 9.59 Å². The van der Waals surface area contributed by atoms with Gasteiger partial charge in [0.1, 0.15) is 11.5 Å². The Labute approximate surface area is 217 Å². The van der Waals surface area contributed by atoms with Crippen LogP contribution in [0.15, 0.2) is 85.2 Å². The normalized spacial score (nSPS) is 13.9. The van der Waals surface area contributed by atoms with Gasteiger partial charge in [-0.2, -0.15) is 0 Å². The Morgan fingerprint density at radius 3 is 2.63 bits per heavy atom. The summed E-state index contributed by atoms with van der Waals surface area (Å²) in [4.78, 5) is 41.2. The average Bonchev–Trinajstić information content (AvgIpc) is 3.68. The first-order chi connectivity index (χ1) is 18.6. The lowest BCUT2D eigenvalue weighted by molar-refractivity contribution is 0.0942. The molecule has 3 heterocycles. The third-order valence-corrected chi connectivity index (χ3v) is 7.16. The van der Waals surface area contributed by atoms with Crippen LogP contribution >= 0.6 is 0 Å². The molecule has 3 aromatic carbocycles. The molecule has 0 aliphatic heterocycles. The molecule has 0 saturated heterocycles. The van der Waals surface area contributed by atoms with Crippen molar-refractivity contribution in [1.82, 2.24) is 30.6 Å². The summed E-state index contributed by atoms with van der Waals surface area (Å²) in [5.41, 5.74) is 8.41. The van der Waals surface area contributed by atoms with Crippen LogP contribution < -0.4 is 10.6 Å². The van der Waals surface area contributed by atoms with Gasteiger partial charge in [-0.3, -0.25) is 9.59 Å². The Hall–Kier alpha value is -5.24. The van der Waals surface area contributed by atoms with Crippen molar-refractivity contribution in [3.05, 3.63) is 107 Å². The van der Waals surface area contributed by atoms with Crippen molar-refractivity contribution in [2.45, 2.75) is 6.04 Å². The smallest absolute Gasteiger partial charge is 0.252 e. The molecular formula is C30H22N6O2. The molecule has 0 saturated carbocycles. The average molecular weight is 499 g/mol. The van der Waals surface area contributed by atoms with Gasteiger partial charge in [0.2, 0.25) is 0 Å². The maximum absolute atomic E-state index is 13.5. The van der Waals surface area contributed by atoms with Crippen molar-refractivity contribution in [2.24, 2.45) is 0 Å². The first kappa shape index (κ1) is 22.0. The Bertz CT molecular complexity index is 1900. The minimum atomic E-state index is -0.319. The fourth-order valence-electron chi connectivity index (χ4n) is 5.40. The van der Waals surface area contributed by atoms with Gasteiger partial charge >= 0.3 is 0 Å². The minimum absolute atomic E-state index is 0.151. The third-order valence-electron chi connectivity index (χ3n) is 7.16. The molecule has 0 radical (unpaired) electrons. The van der Waals surface area contributed by atoms with Gasteiger partial charge in [-0.15, -0.1) is 0 Å². The molecule has 1 aliphatic carbocycles. The first-order valence-electron chi connectivity index (χ1n) is 12.3. The topological polar surface area (TPSA) is 116 Å². The number of amides is 2. The van der Waals surface area contributed by atoms with E-state index in [1.165, 1.54) is 0 Å². The van der Waals surface area contributed by atoms with Crippen LogP contribution in [0.2, 0.25) is 0 Å². The van der Waals surface area contributed by atoms with Crippen LogP contribution in [0.1, 0.15) is 37.9 Å². The highest BCUT2D eigenvalue weighted by Crippen LogP contribution is 2.47. The summed E-state index contributed by atoms with van der Waals surface area (Å²) in [5, 5.41) is 6.70. The summed E-state index contributed by atoms with van der Waals surface area (Å²) >= 11 is 0. The Kier molecular flexibility index (Phi) is 4.87. The number of rotatable bonds is 4. The SMILES string of the molecule is CNC(=O)c1ccc2nc(-c3cccc4c3-c3ccccc3C4NC(=O)c3ccnc4[nH]ccc34)[nH]c2c1. The summed E-state index contributed by atoms with van der Waals surface area (Å²) < 4.78 is 0. The van der Waals surface area contributed by atoms with Gasteiger partial charge in [0, 0.05) is 36.0 Å². The maximum Gasteiger partial charge on any atom is 0.252 e. The Morgan fingerprint density at radius 1 is 0.895 bits per heavy atom. The summed E-state index contributed by atoms with van der Waals surface area (Å²) in [7, 11) is 1.61. The summed E-state index contributed by atoms with van der Waals surface area (Å²) in [6.45, 7) is 0. The van der Waals surface area contributed by atoms with Crippen molar-refractivity contribution in [3.8, 4) is 22.5 Å². The molecule has 0 spiro atoms. The van der Waals surface area contributed by atoms with Crippen molar-refractivity contribution in [1.29, 1.82) is 0 Å². The van der Waals surface area contributed by atoms with E-state index in [1.54, 1.807) is 37.6 Å². The molecule has 8 nitrogen and oxygen atoms in total. The van der Waals surface area contributed by atoms with E-state index < -0.39 is 0 Å². The largest absolute Gasteiger partial charge is 0.355 e. The molecular weight excluding hydrogens is 476 g/mol. The zero-order valence-electron chi connectivity index (χ0n) is 20.4. The predicted molar refractivity (Wildman–Crippen MR) is 146 cm³/mol. The van der Waals surface area contributed by atoms with Crippen molar-refractivity contribution in [3.63, 3.8) is 0 Å². The summed E-state index contributed by atoms with van der Waals surface area (Å²) in [6.07, 6.45) is 3.42. The van der Waals surface area contributed by atoms with Crippen LogP contribution in [0.25, 0.3) is 44.6 Å². The van der Waals surface area contributed by atoms with E-state index in [0.29, 0.717) is 22.6 Å². The minimum Gasteiger partial charge on any atom is -0.355 e. The molecule has 1 aliphatic rings. The lowest BCUT2D eigenvalue weighted by Crippen LogP contribution is -2.28. The number of hydrogen-bond acceptors (Lipinski definition) is 4. The van der Waals surface area contributed by atoms with Crippen LogP contribution in [-0.2, 0) is 0 Å². The Morgan fingerprint density at radius 2 is 1.74 bits per heavy atom. The van der Waals surface area contributed by atoms with E-state index >= 15 is 0 Å². The van der Waals surface area contributed by atoms with Crippen LogP contribution in [0.3, 0.4) is 0 Å². The molecule has 7 rings (SSSR count). The molecule has 0 bridgehead atoms. The van der Waals surface area contributed by atoms with Crippen molar-refractivity contribution in [2.75, 3.05) is 7.05 Å². The van der Waals surface area contributed by atoms with E-state index in [2.05, 4.69) is 43.8 Å². The van der Waals surface area contributed by atoms with E-state index in [4.69, 9.17) is 4.98 Å². The second-order valence-electron chi connectivity index (χ2n) is 9.26. The van der Waals surface area contributed by atoms with E-state index in [-0.39, 0.29) is 17.9 Å². The Balaban J connectivity index is 1.33. The number of aromatic amines is 2. The standard InChI is InChI=1S/C30H22N6O2/c1-31-29(37)16-9-10-23-24(15-16)35-28(34-23)22-8-4-7-21-25(22)17-5-2-3-6-18(17)26(21)36-30(38)20-12-14-33-27-19(20)11-13-32-27/h2-15,26H,1H3,(H,31,37)(H,32,33)(H,34,35)(H,36,38). The predicted octanol–water partition coefficient (Wildman–Crippen LogP) is 4.97. The fourth-order valence-corrected chi connectivity index (χ4v) is 5.40. The summed E-state index contributed by atoms with van der Waals surface area (Å²) in [6, 6.07) is 22.9. The quantitative estimate of drug-likeness (QED) is 0.275. The lowest BCUT2D eigenvalue weighted by atomic mass is 9.98. The molecule has 1 atom stereocenters. The van der Waals surface area contributed by atoms with Gasteiger partial charge in [-0.05, 0) is 52.6 Å². The van der Waals surface area contributed by atoms with Crippen LogP contribution in [0.5, 0.6) is 0 Å². The van der Waals surface area contributed by atoms with Crippen LogP contribution in [0.4, 0.5) is 0 Å². The molecule has 38 heavy (non-hydrogen) atoms. The number of nitrogens with one attached hydrogen (secondary N) is 4. The van der Waals surface area contributed by atoms with Gasteiger partial charge in [-0.25, -0.2) is 9.97 Å². The number of fused-ring (bicyclic) bond motifs is 5. The first-order valence-corrected chi connectivity index (χ1v) is 12.3. The van der Waals surface area contributed by atoms with Crippen LogP contribution in [-0.4, -0.2) is 38.8 Å². The molecule has 2 amide bonds. The second-order valence-corrected chi connectivity index (χ2v) is 9.26.